The van der Waals surface area contributed by atoms with E-state index in [1.807, 2.05) is 0 Å². The number of nitrogens with two attached hydrogens (primary N) is 1. The molecule has 2 N–H and O–H groups in total. The maximum atomic E-state index is 12.5. The number of rotatable bonds is 2. The molecular weight excluding hydrogens is 198 g/mol. The Balaban J connectivity index is 3.32. The van der Waals surface area contributed by atoms with E-state index >= 15 is 0 Å². The number of hydrogen-bond donors (Lipinski definition) is 1. The van der Waals surface area contributed by atoms with Gasteiger partial charge in [0.2, 0.25) is 0 Å². The molecule has 0 aromatic carbocycles. The van der Waals surface area contributed by atoms with Crippen LogP contribution in [0.5, 0.6) is 0 Å². The molecule has 0 aliphatic rings. The van der Waals surface area contributed by atoms with Crippen LogP contribution in [-0.2, 0) is 5.88 Å². The Hall–Kier alpha value is -0.900. The van der Waals surface area contributed by atoms with E-state index < -0.39 is 6.43 Å². The molecule has 0 amide bonds. The summed E-state index contributed by atoms with van der Waals surface area (Å²) < 4.78 is 25.0. The molecule has 1 aromatic heterocycles. The smallest absolute Gasteiger partial charge is 0.267 e. The van der Waals surface area contributed by atoms with Crippen LogP contribution >= 0.6 is 11.6 Å². The van der Waals surface area contributed by atoms with Crippen molar-refractivity contribution in [3.63, 3.8) is 0 Å². The van der Waals surface area contributed by atoms with Crippen molar-refractivity contribution in [1.29, 1.82) is 0 Å². The minimum atomic E-state index is -2.62. The Morgan fingerprint density at radius 1 is 1.62 bits per heavy atom. The van der Waals surface area contributed by atoms with Crippen LogP contribution in [0.2, 0.25) is 0 Å². The maximum Gasteiger partial charge on any atom is 0.267 e. The van der Waals surface area contributed by atoms with E-state index in [0.717, 1.165) is 0 Å². The average Bonchev–Trinajstić information content (AvgIpc) is 2.08. The van der Waals surface area contributed by atoms with Crippen molar-refractivity contribution in [2.45, 2.75) is 19.2 Å². The highest BCUT2D eigenvalue weighted by atomic mass is 35.5. The third kappa shape index (κ3) is 1.88. The number of aryl methyl sites for hydroxylation is 1. The topological polar surface area (TPSA) is 38.9 Å². The fraction of sp³-hybridized carbons (Fsp3) is 0.375. The molecule has 5 heteroatoms. The van der Waals surface area contributed by atoms with Gasteiger partial charge in [0.05, 0.1) is 17.1 Å². The van der Waals surface area contributed by atoms with Crippen molar-refractivity contribution in [3.05, 3.63) is 23.0 Å². The second-order valence-corrected chi connectivity index (χ2v) is 2.92. The van der Waals surface area contributed by atoms with Crippen molar-refractivity contribution in [1.82, 2.24) is 4.98 Å². The summed E-state index contributed by atoms with van der Waals surface area (Å²) in [5, 5.41) is 0. The monoisotopic (exact) mass is 206 g/mol. The standard InChI is InChI=1S/C8H9ClF2N2/c1-4-3-13-5(2-9)6(7(4)12)8(10)11/h3,8H,2H2,1H3,(H2,12,13). The number of hydrogen-bond acceptors (Lipinski definition) is 2. The van der Waals surface area contributed by atoms with Gasteiger partial charge in [-0.2, -0.15) is 0 Å². The van der Waals surface area contributed by atoms with E-state index in [4.69, 9.17) is 17.3 Å². The highest BCUT2D eigenvalue weighted by Gasteiger charge is 2.18. The fourth-order valence-electron chi connectivity index (χ4n) is 1.03. The first-order valence-corrected chi connectivity index (χ1v) is 4.19. The minimum Gasteiger partial charge on any atom is -0.398 e. The third-order valence-electron chi connectivity index (χ3n) is 1.78. The molecule has 0 saturated heterocycles. The van der Waals surface area contributed by atoms with E-state index in [2.05, 4.69) is 4.98 Å². The van der Waals surface area contributed by atoms with Gasteiger partial charge in [0.1, 0.15) is 0 Å². The molecule has 1 rings (SSSR count). The number of halogens is 3. The number of alkyl halides is 3. The molecular formula is C8H9ClF2N2. The minimum absolute atomic E-state index is 0.0514. The van der Waals surface area contributed by atoms with Crippen molar-refractivity contribution in [3.8, 4) is 0 Å². The van der Waals surface area contributed by atoms with Crippen molar-refractivity contribution < 1.29 is 8.78 Å². The molecule has 72 valence electrons. The van der Waals surface area contributed by atoms with Gasteiger partial charge in [0.15, 0.2) is 0 Å². The first kappa shape index (κ1) is 10.2. The number of nitrogen functional groups attached to an aromatic ring is 1. The van der Waals surface area contributed by atoms with Crippen LogP contribution in [0.4, 0.5) is 14.5 Å². The number of nitrogens with zero attached hydrogens (tertiary/aromatic N) is 1. The molecule has 0 spiro atoms. The van der Waals surface area contributed by atoms with Gasteiger partial charge in [-0.3, -0.25) is 4.98 Å². The summed E-state index contributed by atoms with van der Waals surface area (Å²) in [5.74, 6) is -0.0514. The summed E-state index contributed by atoms with van der Waals surface area (Å²) in [6.45, 7) is 1.63. The molecule has 0 aliphatic heterocycles. The lowest BCUT2D eigenvalue weighted by atomic mass is 10.1. The van der Waals surface area contributed by atoms with Crippen molar-refractivity contribution in [2.75, 3.05) is 5.73 Å². The first-order valence-electron chi connectivity index (χ1n) is 3.66. The number of anilines is 1. The molecule has 1 aromatic rings. The van der Waals surface area contributed by atoms with Crippen LogP contribution in [0, 0.1) is 6.92 Å². The lowest BCUT2D eigenvalue weighted by Crippen LogP contribution is -2.04. The fourth-order valence-corrected chi connectivity index (χ4v) is 1.24. The second kappa shape index (κ2) is 3.87. The van der Waals surface area contributed by atoms with Crippen LogP contribution in [-0.4, -0.2) is 4.98 Å². The van der Waals surface area contributed by atoms with Crippen LogP contribution in [0.25, 0.3) is 0 Å². The van der Waals surface area contributed by atoms with E-state index in [-0.39, 0.29) is 22.8 Å². The van der Waals surface area contributed by atoms with Gasteiger partial charge < -0.3 is 5.73 Å². The zero-order chi connectivity index (χ0) is 10.0. The van der Waals surface area contributed by atoms with Gasteiger partial charge >= 0.3 is 0 Å². The van der Waals surface area contributed by atoms with Gasteiger partial charge in [-0.15, -0.1) is 11.6 Å². The highest BCUT2D eigenvalue weighted by Crippen LogP contribution is 2.30. The Morgan fingerprint density at radius 3 is 2.69 bits per heavy atom. The summed E-state index contributed by atoms with van der Waals surface area (Å²) >= 11 is 5.45. The highest BCUT2D eigenvalue weighted by molar-refractivity contribution is 6.17. The second-order valence-electron chi connectivity index (χ2n) is 2.65. The average molecular weight is 207 g/mol. The zero-order valence-electron chi connectivity index (χ0n) is 7.02. The summed E-state index contributed by atoms with van der Waals surface area (Å²) in [6, 6.07) is 0. The van der Waals surface area contributed by atoms with E-state index in [1.165, 1.54) is 6.20 Å². The van der Waals surface area contributed by atoms with Crippen LogP contribution in [0.1, 0.15) is 23.2 Å². The molecule has 0 unspecified atom stereocenters. The third-order valence-corrected chi connectivity index (χ3v) is 2.04. The molecule has 0 aliphatic carbocycles. The van der Waals surface area contributed by atoms with Crippen LogP contribution < -0.4 is 5.73 Å². The maximum absolute atomic E-state index is 12.5. The molecule has 0 saturated carbocycles. The van der Waals surface area contributed by atoms with Gasteiger partial charge in [-0.1, -0.05) is 0 Å². The largest absolute Gasteiger partial charge is 0.398 e. The molecule has 0 bridgehead atoms. The number of aromatic nitrogens is 1. The van der Waals surface area contributed by atoms with Crippen molar-refractivity contribution in [2.24, 2.45) is 0 Å². The van der Waals surface area contributed by atoms with Gasteiger partial charge in [-0.25, -0.2) is 8.78 Å². The summed E-state index contributed by atoms with van der Waals surface area (Å²) in [4.78, 5) is 3.79. The van der Waals surface area contributed by atoms with Gasteiger partial charge in [0.25, 0.3) is 6.43 Å². The van der Waals surface area contributed by atoms with E-state index in [0.29, 0.717) is 5.56 Å². The predicted octanol–water partition coefficient (Wildman–Crippen LogP) is 2.65. The molecule has 1 heterocycles. The van der Waals surface area contributed by atoms with E-state index in [1.54, 1.807) is 6.92 Å². The van der Waals surface area contributed by atoms with E-state index in [9.17, 15) is 8.78 Å². The summed E-state index contributed by atoms with van der Waals surface area (Å²) in [6.07, 6.45) is -1.18. The Kier molecular flexibility index (Phi) is 3.03. The number of pyridine rings is 1. The Morgan fingerprint density at radius 2 is 2.23 bits per heavy atom. The Bertz CT molecular complexity index is 315. The molecule has 0 radical (unpaired) electrons. The quantitative estimate of drug-likeness (QED) is 0.756. The summed E-state index contributed by atoms with van der Waals surface area (Å²) in [7, 11) is 0. The lowest BCUT2D eigenvalue weighted by Gasteiger charge is -2.10. The molecule has 0 atom stereocenters. The molecule has 0 fully saturated rings. The van der Waals surface area contributed by atoms with Gasteiger partial charge in [-0.05, 0) is 12.5 Å². The van der Waals surface area contributed by atoms with Crippen molar-refractivity contribution >= 4 is 17.3 Å². The van der Waals surface area contributed by atoms with Crippen LogP contribution in [0.15, 0.2) is 6.20 Å². The molecule has 2 nitrogen and oxygen atoms in total. The van der Waals surface area contributed by atoms with Crippen LogP contribution in [0.3, 0.4) is 0 Å². The Labute approximate surface area is 79.7 Å². The SMILES string of the molecule is Cc1cnc(CCl)c(C(F)F)c1N. The lowest BCUT2D eigenvalue weighted by molar-refractivity contribution is 0.151. The summed E-state index contributed by atoms with van der Waals surface area (Å²) in [5.41, 5.74) is 6.02. The molecule has 13 heavy (non-hydrogen) atoms. The zero-order valence-corrected chi connectivity index (χ0v) is 7.78. The normalized spacial score (nSPS) is 10.8. The first-order chi connectivity index (χ1) is 6.07. The van der Waals surface area contributed by atoms with Gasteiger partial charge in [0, 0.05) is 11.9 Å². The predicted molar refractivity (Wildman–Crippen MR) is 47.9 cm³/mol.